The molecule has 6 nitrogen and oxygen atoms in total. The third kappa shape index (κ3) is 2.63. The van der Waals surface area contributed by atoms with Crippen molar-refractivity contribution in [2.75, 3.05) is 0 Å². The van der Waals surface area contributed by atoms with Gasteiger partial charge < -0.3 is 4.52 Å². The second kappa shape index (κ2) is 4.59. The fourth-order valence-electron chi connectivity index (χ4n) is 1.31. The van der Waals surface area contributed by atoms with E-state index >= 15 is 0 Å². The van der Waals surface area contributed by atoms with Gasteiger partial charge in [-0.05, 0) is 38.1 Å². The number of benzene rings is 1. The average Bonchev–Trinajstić information content (AvgIpc) is 2.78. The molecule has 2 N–H and O–H groups in total. The minimum Gasteiger partial charge on any atom is -0.337 e. The Morgan fingerprint density at radius 2 is 1.84 bits per heavy atom. The van der Waals surface area contributed by atoms with E-state index in [1.165, 1.54) is 13.8 Å². The summed E-state index contributed by atoms with van der Waals surface area (Å²) in [4.78, 5) is 4.07. The summed E-state index contributed by atoms with van der Waals surface area (Å²) in [5, 5.41) is 9.47. The molecule has 1 aromatic carbocycles. The zero-order valence-corrected chi connectivity index (χ0v) is 11.9. The second-order valence-electron chi connectivity index (χ2n) is 4.49. The molecule has 0 aliphatic rings. The summed E-state index contributed by atoms with van der Waals surface area (Å²) in [7, 11) is -3.85. The molecule has 0 aliphatic heterocycles. The van der Waals surface area contributed by atoms with Gasteiger partial charge in [0.2, 0.25) is 21.7 Å². The Balaban J connectivity index is 2.42. The Hall–Kier alpha value is -1.44. The second-order valence-corrected chi connectivity index (χ2v) is 7.03. The molecular formula is C11H12ClN3O3S. The summed E-state index contributed by atoms with van der Waals surface area (Å²) >= 11 is 5.78. The maximum atomic E-state index is 11.5. The molecule has 19 heavy (non-hydrogen) atoms. The molecule has 0 atom stereocenters. The number of aromatic nitrogens is 2. The van der Waals surface area contributed by atoms with Crippen molar-refractivity contribution in [1.82, 2.24) is 10.1 Å². The Kier molecular flexibility index (Phi) is 3.38. The molecule has 0 saturated carbocycles. The first-order valence-corrected chi connectivity index (χ1v) is 7.27. The standard InChI is InChI=1S/C11H12ClN3O3S/c1-11(2,19(13,16)17)10-14-9(15-18-10)7-3-5-8(12)6-4-7/h3-6H,1-2H3,(H2,13,16,17). The van der Waals surface area contributed by atoms with Crippen LogP contribution in [0.4, 0.5) is 0 Å². The van der Waals surface area contributed by atoms with Gasteiger partial charge in [-0.15, -0.1) is 0 Å². The molecule has 2 aromatic rings. The summed E-state index contributed by atoms with van der Waals surface area (Å²) in [6, 6.07) is 6.78. The fourth-order valence-corrected chi connectivity index (χ4v) is 1.76. The van der Waals surface area contributed by atoms with E-state index in [1.807, 2.05) is 0 Å². The summed E-state index contributed by atoms with van der Waals surface area (Å²) in [6.07, 6.45) is 0. The lowest BCUT2D eigenvalue weighted by Gasteiger charge is -2.15. The maximum absolute atomic E-state index is 11.5. The molecule has 0 fully saturated rings. The molecule has 0 unspecified atom stereocenters. The van der Waals surface area contributed by atoms with Gasteiger partial charge >= 0.3 is 0 Å². The van der Waals surface area contributed by atoms with Crippen LogP contribution in [0, 0.1) is 0 Å². The average molecular weight is 302 g/mol. The molecule has 1 heterocycles. The monoisotopic (exact) mass is 301 g/mol. The molecule has 0 saturated heterocycles. The first-order valence-electron chi connectivity index (χ1n) is 5.34. The number of primary sulfonamides is 1. The highest BCUT2D eigenvalue weighted by atomic mass is 35.5. The zero-order valence-electron chi connectivity index (χ0n) is 10.3. The van der Waals surface area contributed by atoms with Crippen LogP contribution < -0.4 is 5.14 Å². The molecule has 2 rings (SSSR count). The van der Waals surface area contributed by atoms with E-state index in [4.69, 9.17) is 21.3 Å². The third-order valence-corrected chi connectivity index (χ3v) is 4.60. The molecule has 0 radical (unpaired) electrons. The highest BCUT2D eigenvalue weighted by Crippen LogP contribution is 2.28. The molecule has 0 amide bonds. The molecule has 0 bridgehead atoms. The van der Waals surface area contributed by atoms with Crippen molar-refractivity contribution in [2.45, 2.75) is 18.6 Å². The van der Waals surface area contributed by atoms with Crippen LogP contribution in [-0.4, -0.2) is 18.6 Å². The van der Waals surface area contributed by atoms with Crippen LogP contribution in [0.2, 0.25) is 5.02 Å². The van der Waals surface area contributed by atoms with E-state index in [0.717, 1.165) is 0 Å². The van der Waals surface area contributed by atoms with E-state index in [9.17, 15) is 8.42 Å². The van der Waals surface area contributed by atoms with Crippen LogP contribution in [0.1, 0.15) is 19.7 Å². The van der Waals surface area contributed by atoms with E-state index in [0.29, 0.717) is 10.6 Å². The maximum Gasteiger partial charge on any atom is 0.249 e. The van der Waals surface area contributed by atoms with Crippen molar-refractivity contribution in [3.8, 4) is 11.4 Å². The van der Waals surface area contributed by atoms with Gasteiger partial charge in [0, 0.05) is 10.6 Å². The minimum absolute atomic E-state index is 0.0556. The SMILES string of the molecule is CC(C)(c1nc(-c2ccc(Cl)cc2)no1)S(N)(=O)=O. The molecule has 8 heteroatoms. The molecular weight excluding hydrogens is 290 g/mol. The lowest BCUT2D eigenvalue weighted by molar-refractivity contribution is 0.347. The van der Waals surface area contributed by atoms with Crippen LogP contribution in [-0.2, 0) is 14.8 Å². The van der Waals surface area contributed by atoms with Crippen LogP contribution >= 0.6 is 11.6 Å². The molecule has 0 spiro atoms. The predicted octanol–water partition coefficient (Wildman–Crippen LogP) is 1.91. The van der Waals surface area contributed by atoms with Crippen LogP contribution in [0.3, 0.4) is 0 Å². The van der Waals surface area contributed by atoms with Crippen LogP contribution in [0.15, 0.2) is 28.8 Å². The van der Waals surface area contributed by atoms with Crippen molar-refractivity contribution in [3.63, 3.8) is 0 Å². The largest absolute Gasteiger partial charge is 0.337 e. The highest BCUT2D eigenvalue weighted by Gasteiger charge is 2.39. The predicted molar refractivity (Wildman–Crippen MR) is 70.9 cm³/mol. The summed E-state index contributed by atoms with van der Waals surface area (Å²) < 4.78 is 26.5. The Morgan fingerprint density at radius 1 is 1.26 bits per heavy atom. The smallest absolute Gasteiger partial charge is 0.249 e. The lowest BCUT2D eigenvalue weighted by atomic mass is 10.2. The summed E-state index contributed by atoms with van der Waals surface area (Å²) in [5.74, 6) is 0.225. The van der Waals surface area contributed by atoms with Crippen LogP contribution in [0.5, 0.6) is 0 Å². The summed E-state index contributed by atoms with van der Waals surface area (Å²) in [6.45, 7) is 2.81. The Bertz CT molecular complexity index is 692. The number of nitrogens with two attached hydrogens (primary N) is 1. The highest BCUT2D eigenvalue weighted by molar-refractivity contribution is 7.90. The van der Waals surface area contributed by atoms with Gasteiger partial charge in [0.25, 0.3) is 0 Å². The normalized spacial score (nSPS) is 12.6. The first kappa shape index (κ1) is 14.0. The van der Waals surface area contributed by atoms with Crippen molar-refractivity contribution in [3.05, 3.63) is 35.2 Å². The van der Waals surface area contributed by atoms with Gasteiger partial charge in [0.1, 0.15) is 0 Å². The van der Waals surface area contributed by atoms with Crippen molar-refractivity contribution < 1.29 is 12.9 Å². The van der Waals surface area contributed by atoms with E-state index in [-0.39, 0.29) is 11.7 Å². The zero-order chi connectivity index (χ0) is 14.3. The lowest BCUT2D eigenvalue weighted by Crippen LogP contribution is -2.35. The number of rotatable bonds is 3. The number of halogens is 1. The van der Waals surface area contributed by atoms with Gasteiger partial charge in [0.05, 0.1) is 0 Å². The van der Waals surface area contributed by atoms with Gasteiger partial charge in [-0.3, -0.25) is 0 Å². The molecule has 102 valence electrons. The minimum atomic E-state index is -3.85. The Labute approximate surface area is 115 Å². The topological polar surface area (TPSA) is 99.1 Å². The van der Waals surface area contributed by atoms with E-state index in [2.05, 4.69) is 10.1 Å². The van der Waals surface area contributed by atoms with Crippen molar-refractivity contribution >= 4 is 21.6 Å². The third-order valence-electron chi connectivity index (χ3n) is 2.75. The van der Waals surface area contributed by atoms with E-state index in [1.54, 1.807) is 24.3 Å². The van der Waals surface area contributed by atoms with Gasteiger partial charge in [-0.1, -0.05) is 16.8 Å². The van der Waals surface area contributed by atoms with Crippen LogP contribution in [0.25, 0.3) is 11.4 Å². The number of sulfonamides is 1. The quantitative estimate of drug-likeness (QED) is 0.933. The van der Waals surface area contributed by atoms with Gasteiger partial charge in [-0.2, -0.15) is 4.98 Å². The van der Waals surface area contributed by atoms with Crippen molar-refractivity contribution in [1.29, 1.82) is 0 Å². The number of hydrogen-bond acceptors (Lipinski definition) is 5. The molecule has 1 aromatic heterocycles. The molecule has 0 aliphatic carbocycles. The first-order chi connectivity index (χ1) is 8.72. The van der Waals surface area contributed by atoms with E-state index < -0.39 is 14.8 Å². The van der Waals surface area contributed by atoms with Crippen molar-refractivity contribution in [2.24, 2.45) is 5.14 Å². The fraction of sp³-hybridized carbons (Fsp3) is 0.273. The number of nitrogens with zero attached hydrogens (tertiary/aromatic N) is 2. The number of hydrogen-bond donors (Lipinski definition) is 1. The van der Waals surface area contributed by atoms with Gasteiger partial charge in [0.15, 0.2) is 4.75 Å². The summed E-state index contributed by atoms with van der Waals surface area (Å²) in [5.41, 5.74) is 0.671. The van der Waals surface area contributed by atoms with Gasteiger partial charge in [-0.25, -0.2) is 13.6 Å². The Morgan fingerprint density at radius 3 is 2.37 bits per heavy atom.